The highest BCUT2D eigenvalue weighted by Gasteiger charge is 2.22. The average Bonchev–Trinajstić information content (AvgIpc) is 2.68. The Balaban J connectivity index is 2.70. The number of aromatic amines is 1. The third-order valence-electron chi connectivity index (χ3n) is 2.57. The van der Waals surface area contributed by atoms with Gasteiger partial charge < -0.3 is 0 Å². The van der Waals surface area contributed by atoms with Gasteiger partial charge in [0, 0.05) is 12.6 Å². The molecule has 6 heteroatoms. The van der Waals surface area contributed by atoms with Crippen LogP contribution in [0.5, 0.6) is 0 Å². The molecule has 0 atom stereocenters. The first-order valence-corrected chi connectivity index (χ1v) is 5.90. The largest absolute Gasteiger partial charge is 0.293 e. The summed E-state index contributed by atoms with van der Waals surface area (Å²) >= 11 is 5.29. The Bertz CT molecular complexity index is 596. The molecule has 5 nitrogen and oxygen atoms in total. The van der Waals surface area contributed by atoms with Crippen molar-refractivity contribution in [2.24, 2.45) is 7.05 Å². The first-order valence-electron chi connectivity index (χ1n) is 5.49. The highest BCUT2D eigenvalue weighted by molar-refractivity contribution is 7.71. The molecule has 0 saturated carbocycles. The molecule has 0 aliphatic heterocycles. The number of aryl methyl sites for hydroxylation is 2. The molecule has 0 radical (unpaired) electrons. The maximum absolute atomic E-state index is 5.29. The van der Waals surface area contributed by atoms with E-state index in [1.165, 1.54) is 0 Å². The normalized spacial score (nSPS) is 12.1. The summed E-state index contributed by atoms with van der Waals surface area (Å²) in [6.07, 6.45) is 0. The molecule has 2 aromatic rings. The molecule has 2 aromatic heterocycles. The van der Waals surface area contributed by atoms with Crippen molar-refractivity contribution >= 4 is 12.2 Å². The highest BCUT2D eigenvalue weighted by atomic mass is 32.1. The second kappa shape index (κ2) is 3.80. The quantitative estimate of drug-likeness (QED) is 0.792. The van der Waals surface area contributed by atoms with Crippen LogP contribution in [0.4, 0.5) is 0 Å². The zero-order chi connectivity index (χ0) is 12.8. The summed E-state index contributed by atoms with van der Waals surface area (Å²) < 4.78 is 4.47. The summed E-state index contributed by atoms with van der Waals surface area (Å²) in [7, 11) is 1.91. The monoisotopic (exact) mass is 251 g/mol. The zero-order valence-corrected chi connectivity index (χ0v) is 11.6. The minimum absolute atomic E-state index is 0.114. The van der Waals surface area contributed by atoms with E-state index in [0.29, 0.717) is 4.77 Å². The molecule has 0 aliphatic carbocycles. The van der Waals surface area contributed by atoms with Gasteiger partial charge in [0.25, 0.3) is 0 Å². The van der Waals surface area contributed by atoms with Crippen molar-refractivity contribution in [1.82, 2.24) is 24.5 Å². The van der Waals surface area contributed by atoms with Gasteiger partial charge in [0.2, 0.25) is 0 Å². The van der Waals surface area contributed by atoms with E-state index in [2.05, 4.69) is 36.1 Å². The summed E-state index contributed by atoms with van der Waals surface area (Å²) in [6.45, 7) is 8.27. The van der Waals surface area contributed by atoms with Crippen LogP contribution in [-0.4, -0.2) is 24.5 Å². The van der Waals surface area contributed by atoms with E-state index in [1.807, 2.05) is 29.3 Å². The van der Waals surface area contributed by atoms with Crippen LogP contribution in [0.15, 0.2) is 6.07 Å². The lowest BCUT2D eigenvalue weighted by molar-refractivity contribution is 0.394. The van der Waals surface area contributed by atoms with E-state index < -0.39 is 0 Å². The van der Waals surface area contributed by atoms with E-state index in [-0.39, 0.29) is 5.54 Å². The summed E-state index contributed by atoms with van der Waals surface area (Å²) in [5, 5.41) is 11.5. The van der Waals surface area contributed by atoms with Crippen LogP contribution in [0.2, 0.25) is 0 Å². The lowest BCUT2D eigenvalue weighted by Crippen LogP contribution is -2.23. The van der Waals surface area contributed by atoms with Gasteiger partial charge in [-0.05, 0) is 46.0 Å². The SMILES string of the molecule is Cc1cc(-c2n[nH]c(=S)n2C(C)(C)C)n(C)n1. The number of hydrogen-bond donors (Lipinski definition) is 1. The Labute approximate surface area is 105 Å². The second-order valence-electron chi connectivity index (χ2n) is 5.15. The molecule has 0 fully saturated rings. The number of nitrogens with one attached hydrogen (secondary N) is 1. The van der Waals surface area contributed by atoms with Gasteiger partial charge in [0.1, 0.15) is 5.69 Å². The Morgan fingerprint density at radius 2 is 2.00 bits per heavy atom. The molecule has 2 rings (SSSR count). The molecule has 0 aliphatic rings. The third kappa shape index (κ3) is 2.04. The van der Waals surface area contributed by atoms with Gasteiger partial charge in [-0.2, -0.15) is 10.2 Å². The number of hydrogen-bond acceptors (Lipinski definition) is 3. The minimum Gasteiger partial charge on any atom is -0.293 e. The molecule has 0 amide bonds. The van der Waals surface area contributed by atoms with E-state index in [9.17, 15) is 0 Å². The van der Waals surface area contributed by atoms with E-state index >= 15 is 0 Å². The predicted molar refractivity (Wildman–Crippen MR) is 69.3 cm³/mol. The Morgan fingerprint density at radius 3 is 2.47 bits per heavy atom. The molecule has 2 heterocycles. The maximum atomic E-state index is 5.29. The Morgan fingerprint density at radius 1 is 1.35 bits per heavy atom. The lowest BCUT2D eigenvalue weighted by Gasteiger charge is -2.22. The Hall–Kier alpha value is -1.43. The third-order valence-corrected chi connectivity index (χ3v) is 2.85. The average molecular weight is 251 g/mol. The fourth-order valence-corrected chi connectivity index (χ4v) is 2.32. The first-order chi connectivity index (χ1) is 7.80. The van der Waals surface area contributed by atoms with E-state index in [1.54, 1.807) is 0 Å². The lowest BCUT2D eigenvalue weighted by atomic mass is 10.1. The first kappa shape index (κ1) is 12.0. The van der Waals surface area contributed by atoms with Gasteiger partial charge in [-0.15, -0.1) is 0 Å². The topological polar surface area (TPSA) is 51.4 Å². The van der Waals surface area contributed by atoms with Crippen molar-refractivity contribution < 1.29 is 0 Å². The molecular formula is C11H17N5S. The smallest absolute Gasteiger partial charge is 0.195 e. The molecule has 0 aromatic carbocycles. The number of aromatic nitrogens is 5. The van der Waals surface area contributed by atoms with Gasteiger partial charge >= 0.3 is 0 Å². The second-order valence-corrected chi connectivity index (χ2v) is 5.54. The van der Waals surface area contributed by atoms with Crippen LogP contribution in [0.25, 0.3) is 11.5 Å². The molecule has 0 saturated heterocycles. The Kier molecular flexibility index (Phi) is 2.69. The van der Waals surface area contributed by atoms with Gasteiger partial charge in [-0.3, -0.25) is 14.3 Å². The summed E-state index contributed by atoms with van der Waals surface area (Å²) in [5.74, 6) is 0.825. The van der Waals surface area contributed by atoms with Crippen molar-refractivity contribution in [3.05, 3.63) is 16.5 Å². The van der Waals surface area contributed by atoms with Gasteiger partial charge in [0.05, 0.1) is 5.69 Å². The van der Waals surface area contributed by atoms with Crippen LogP contribution in [0, 0.1) is 11.7 Å². The molecule has 1 N–H and O–H groups in total. The van der Waals surface area contributed by atoms with Crippen LogP contribution in [0.1, 0.15) is 26.5 Å². The molecule has 0 spiro atoms. The van der Waals surface area contributed by atoms with E-state index in [0.717, 1.165) is 17.2 Å². The fourth-order valence-electron chi connectivity index (χ4n) is 1.91. The molecule has 0 bridgehead atoms. The van der Waals surface area contributed by atoms with Crippen molar-refractivity contribution in [3.63, 3.8) is 0 Å². The standard InChI is InChI=1S/C11H17N5S/c1-7-6-8(15(5)14-7)9-12-13-10(17)16(9)11(2,3)4/h6H,1-5H3,(H,13,17). The number of nitrogens with zero attached hydrogens (tertiary/aromatic N) is 4. The summed E-state index contributed by atoms with van der Waals surface area (Å²) in [4.78, 5) is 0. The highest BCUT2D eigenvalue weighted by Crippen LogP contribution is 2.24. The minimum atomic E-state index is -0.114. The zero-order valence-electron chi connectivity index (χ0n) is 10.8. The number of rotatable bonds is 1. The van der Waals surface area contributed by atoms with Crippen LogP contribution in [-0.2, 0) is 12.6 Å². The van der Waals surface area contributed by atoms with Crippen LogP contribution >= 0.6 is 12.2 Å². The molecule has 17 heavy (non-hydrogen) atoms. The molecule has 0 unspecified atom stereocenters. The van der Waals surface area contributed by atoms with Crippen molar-refractivity contribution in [2.45, 2.75) is 33.2 Å². The summed E-state index contributed by atoms with van der Waals surface area (Å²) in [5.41, 5.74) is 1.82. The van der Waals surface area contributed by atoms with Crippen molar-refractivity contribution in [3.8, 4) is 11.5 Å². The van der Waals surface area contributed by atoms with Gasteiger partial charge in [-0.1, -0.05) is 0 Å². The van der Waals surface area contributed by atoms with Crippen LogP contribution in [0.3, 0.4) is 0 Å². The summed E-state index contributed by atoms with van der Waals surface area (Å²) in [6, 6.07) is 2.01. The van der Waals surface area contributed by atoms with Crippen molar-refractivity contribution in [2.75, 3.05) is 0 Å². The van der Waals surface area contributed by atoms with Crippen LogP contribution < -0.4 is 0 Å². The predicted octanol–water partition coefficient (Wildman–Crippen LogP) is 2.40. The van der Waals surface area contributed by atoms with E-state index in [4.69, 9.17) is 12.2 Å². The van der Waals surface area contributed by atoms with Crippen molar-refractivity contribution in [1.29, 1.82) is 0 Å². The van der Waals surface area contributed by atoms with Gasteiger partial charge in [-0.25, -0.2) is 0 Å². The number of H-pyrrole nitrogens is 1. The molecular weight excluding hydrogens is 234 g/mol. The van der Waals surface area contributed by atoms with Gasteiger partial charge in [0.15, 0.2) is 10.6 Å². The maximum Gasteiger partial charge on any atom is 0.195 e. The molecule has 92 valence electrons. The fraction of sp³-hybridized carbons (Fsp3) is 0.545.